The van der Waals surface area contributed by atoms with Gasteiger partial charge in [0.25, 0.3) is 0 Å². The smallest absolute Gasteiger partial charge is 0.303 e. The van der Waals surface area contributed by atoms with Gasteiger partial charge < -0.3 is 15.3 Å². The van der Waals surface area contributed by atoms with Crippen LogP contribution >= 0.6 is 0 Å². The number of allylic oxidation sites excluding steroid dienone is 1. The predicted molar refractivity (Wildman–Crippen MR) is 97.1 cm³/mol. The normalized spacial score (nSPS) is 25.2. The summed E-state index contributed by atoms with van der Waals surface area (Å²) in [7, 11) is 0. The number of carboxylic acids is 1. The van der Waals surface area contributed by atoms with E-state index in [2.05, 4.69) is 6.92 Å². The van der Waals surface area contributed by atoms with Crippen LogP contribution in [0.2, 0.25) is 0 Å². The SMILES string of the molecule is CCCCC[C@H]1C(=O)C[C@@H](O)[C@H]1/C=C/[C@@H](O)C/C=C\CCCC(=O)O. The number of aliphatic hydroxyl groups is 2. The van der Waals surface area contributed by atoms with Crippen LogP contribution in [0.25, 0.3) is 0 Å². The number of rotatable bonds is 12. The fraction of sp³-hybridized carbons (Fsp3) is 0.700. The number of aliphatic hydroxyl groups excluding tert-OH is 2. The number of aliphatic carboxylic acids is 1. The molecule has 0 bridgehead atoms. The molecule has 5 nitrogen and oxygen atoms in total. The van der Waals surface area contributed by atoms with Crippen molar-refractivity contribution in [2.24, 2.45) is 11.8 Å². The molecule has 0 aliphatic heterocycles. The first-order valence-corrected chi connectivity index (χ1v) is 9.39. The van der Waals surface area contributed by atoms with Gasteiger partial charge in [0.1, 0.15) is 5.78 Å². The van der Waals surface area contributed by atoms with E-state index in [0.29, 0.717) is 19.3 Å². The van der Waals surface area contributed by atoms with Gasteiger partial charge in [-0.1, -0.05) is 50.5 Å². The lowest BCUT2D eigenvalue weighted by Crippen LogP contribution is -2.19. The van der Waals surface area contributed by atoms with E-state index in [-0.39, 0.29) is 30.5 Å². The summed E-state index contributed by atoms with van der Waals surface area (Å²) in [5, 5.41) is 28.7. The zero-order chi connectivity index (χ0) is 18.7. The first kappa shape index (κ1) is 21.6. The number of carbonyl (C=O) groups is 2. The molecule has 0 aromatic rings. The van der Waals surface area contributed by atoms with Crippen molar-refractivity contribution in [3.8, 4) is 0 Å². The van der Waals surface area contributed by atoms with Gasteiger partial charge in [-0.05, 0) is 25.7 Å². The average Bonchev–Trinajstić information content (AvgIpc) is 2.82. The highest BCUT2D eigenvalue weighted by Crippen LogP contribution is 2.34. The maximum Gasteiger partial charge on any atom is 0.303 e. The van der Waals surface area contributed by atoms with Crippen LogP contribution in [0.1, 0.15) is 64.7 Å². The first-order chi connectivity index (χ1) is 12.0. The molecule has 5 heteroatoms. The van der Waals surface area contributed by atoms with E-state index >= 15 is 0 Å². The monoisotopic (exact) mass is 352 g/mol. The minimum atomic E-state index is -0.797. The van der Waals surface area contributed by atoms with Crippen molar-refractivity contribution in [1.29, 1.82) is 0 Å². The molecule has 0 aromatic carbocycles. The Bertz CT molecular complexity index is 469. The third-order valence-electron chi connectivity index (χ3n) is 4.71. The molecule has 0 aromatic heterocycles. The number of hydrogen-bond acceptors (Lipinski definition) is 4. The Morgan fingerprint density at radius 3 is 2.72 bits per heavy atom. The van der Waals surface area contributed by atoms with Crippen LogP contribution in [0, 0.1) is 11.8 Å². The molecule has 0 unspecified atom stereocenters. The summed E-state index contributed by atoms with van der Waals surface area (Å²) in [6, 6.07) is 0. The Balaban J connectivity index is 2.41. The molecule has 3 N–H and O–H groups in total. The molecule has 0 saturated heterocycles. The molecule has 4 atom stereocenters. The topological polar surface area (TPSA) is 94.8 Å². The quantitative estimate of drug-likeness (QED) is 0.370. The molecule has 1 aliphatic rings. The van der Waals surface area contributed by atoms with E-state index in [1.54, 1.807) is 12.2 Å². The van der Waals surface area contributed by atoms with E-state index in [4.69, 9.17) is 5.11 Å². The van der Waals surface area contributed by atoms with Crippen molar-refractivity contribution in [3.63, 3.8) is 0 Å². The first-order valence-electron chi connectivity index (χ1n) is 9.39. The lowest BCUT2D eigenvalue weighted by Gasteiger charge is -2.17. The Morgan fingerprint density at radius 2 is 2.04 bits per heavy atom. The predicted octanol–water partition coefficient (Wildman–Crippen LogP) is 3.25. The van der Waals surface area contributed by atoms with Crippen molar-refractivity contribution in [2.75, 3.05) is 0 Å². The summed E-state index contributed by atoms with van der Waals surface area (Å²) in [4.78, 5) is 22.4. The van der Waals surface area contributed by atoms with Crippen molar-refractivity contribution in [3.05, 3.63) is 24.3 Å². The molecule has 0 amide bonds. The number of hydrogen-bond donors (Lipinski definition) is 3. The molecule has 1 saturated carbocycles. The highest BCUT2D eigenvalue weighted by atomic mass is 16.4. The molecular weight excluding hydrogens is 320 g/mol. The summed E-state index contributed by atoms with van der Waals surface area (Å²) < 4.78 is 0. The van der Waals surface area contributed by atoms with Crippen LogP contribution in [-0.2, 0) is 9.59 Å². The van der Waals surface area contributed by atoms with Gasteiger partial charge in [0.05, 0.1) is 12.2 Å². The molecule has 25 heavy (non-hydrogen) atoms. The third kappa shape index (κ3) is 8.45. The molecule has 1 fully saturated rings. The molecule has 0 heterocycles. The molecular formula is C20H32O5. The summed E-state index contributed by atoms with van der Waals surface area (Å²) >= 11 is 0. The van der Waals surface area contributed by atoms with Crippen LogP contribution in [0.15, 0.2) is 24.3 Å². The maximum atomic E-state index is 12.0. The van der Waals surface area contributed by atoms with Crippen molar-refractivity contribution in [2.45, 2.75) is 76.9 Å². The number of carbonyl (C=O) groups excluding carboxylic acids is 1. The van der Waals surface area contributed by atoms with Gasteiger partial charge in [0, 0.05) is 24.7 Å². The minimum Gasteiger partial charge on any atom is -0.481 e. The summed E-state index contributed by atoms with van der Waals surface area (Å²) in [6.45, 7) is 2.12. The van der Waals surface area contributed by atoms with E-state index < -0.39 is 18.2 Å². The van der Waals surface area contributed by atoms with Crippen molar-refractivity contribution >= 4 is 11.8 Å². The zero-order valence-corrected chi connectivity index (χ0v) is 15.1. The highest BCUT2D eigenvalue weighted by molar-refractivity contribution is 5.84. The Morgan fingerprint density at radius 1 is 1.28 bits per heavy atom. The second-order valence-corrected chi connectivity index (χ2v) is 6.86. The lowest BCUT2D eigenvalue weighted by molar-refractivity contribution is -0.137. The number of ketones is 1. The van der Waals surface area contributed by atoms with Crippen molar-refractivity contribution < 1.29 is 24.9 Å². The Kier molecular flexibility index (Phi) is 10.3. The van der Waals surface area contributed by atoms with E-state index in [1.165, 1.54) is 0 Å². The van der Waals surface area contributed by atoms with Gasteiger partial charge in [-0.25, -0.2) is 0 Å². The molecule has 0 radical (unpaired) electrons. The second kappa shape index (κ2) is 12.0. The third-order valence-corrected chi connectivity index (χ3v) is 4.71. The number of unbranched alkanes of at least 4 members (excludes halogenated alkanes) is 3. The molecule has 1 aliphatic carbocycles. The highest BCUT2D eigenvalue weighted by Gasteiger charge is 2.39. The van der Waals surface area contributed by atoms with Crippen molar-refractivity contribution in [1.82, 2.24) is 0 Å². The van der Waals surface area contributed by atoms with Gasteiger partial charge in [-0.2, -0.15) is 0 Å². The molecule has 142 valence electrons. The van der Waals surface area contributed by atoms with E-state index in [1.807, 2.05) is 12.2 Å². The lowest BCUT2D eigenvalue weighted by atomic mass is 9.88. The van der Waals surface area contributed by atoms with Gasteiger partial charge >= 0.3 is 5.97 Å². The minimum absolute atomic E-state index is 0.128. The van der Waals surface area contributed by atoms with Crippen LogP contribution in [0.5, 0.6) is 0 Å². The summed E-state index contributed by atoms with van der Waals surface area (Å²) in [5.74, 6) is -0.990. The van der Waals surface area contributed by atoms with Gasteiger partial charge in [-0.3, -0.25) is 9.59 Å². The van der Waals surface area contributed by atoms with Crippen LogP contribution < -0.4 is 0 Å². The second-order valence-electron chi connectivity index (χ2n) is 6.86. The standard InChI is InChI=1S/C20H32O5/c1-2-3-6-10-16-17(19(23)14-18(16)22)13-12-15(21)9-7-4-5-8-11-20(24)25/h4,7,12-13,15-17,19,21,23H,2-3,5-6,8-11,14H2,1H3,(H,24,25)/b7-4-,13-12+/t15-,16+,17-,19+/m0/s1. The summed E-state index contributed by atoms with van der Waals surface area (Å²) in [5.41, 5.74) is 0. The Hall–Kier alpha value is -1.46. The largest absolute Gasteiger partial charge is 0.481 e. The van der Waals surface area contributed by atoms with Crippen LogP contribution in [0.4, 0.5) is 0 Å². The molecule has 0 spiro atoms. The van der Waals surface area contributed by atoms with Crippen LogP contribution in [0.3, 0.4) is 0 Å². The average molecular weight is 352 g/mol. The number of Topliss-reactive ketones (excluding diaryl/α,β-unsaturated/α-hetero) is 1. The Labute approximate surface area is 150 Å². The van der Waals surface area contributed by atoms with Gasteiger partial charge in [-0.15, -0.1) is 0 Å². The number of carboxylic acid groups (broad SMARTS) is 1. The fourth-order valence-corrected chi connectivity index (χ4v) is 3.27. The maximum absolute atomic E-state index is 12.0. The zero-order valence-electron chi connectivity index (χ0n) is 15.1. The van der Waals surface area contributed by atoms with E-state index in [9.17, 15) is 19.8 Å². The van der Waals surface area contributed by atoms with Gasteiger partial charge in [0.2, 0.25) is 0 Å². The van der Waals surface area contributed by atoms with Gasteiger partial charge in [0.15, 0.2) is 0 Å². The summed E-state index contributed by atoms with van der Waals surface area (Å²) in [6.07, 6.45) is 11.9. The molecule has 1 rings (SSSR count). The van der Waals surface area contributed by atoms with Crippen LogP contribution in [-0.4, -0.2) is 39.3 Å². The van der Waals surface area contributed by atoms with E-state index in [0.717, 1.165) is 25.7 Å². The fourth-order valence-electron chi connectivity index (χ4n) is 3.27.